The first-order chi connectivity index (χ1) is 13.8. The Morgan fingerprint density at radius 3 is 2.76 bits per heavy atom. The monoisotopic (exact) mass is 392 g/mol. The highest BCUT2D eigenvalue weighted by molar-refractivity contribution is 5.89. The molecule has 4 aliphatic rings. The van der Waals surface area contributed by atoms with Gasteiger partial charge in [0.1, 0.15) is 0 Å². The Bertz CT molecular complexity index is 960. The van der Waals surface area contributed by atoms with Gasteiger partial charge in [-0.15, -0.1) is 0 Å². The summed E-state index contributed by atoms with van der Waals surface area (Å²) in [6.45, 7) is 7.79. The summed E-state index contributed by atoms with van der Waals surface area (Å²) in [5, 5.41) is 3.05. The molecule has 1 N–H and O–H groups in total. The summed E-state index contributed by atoms with van der Waals surface area (Å²) in [5.74, 6) is 1.14. The summed E-state index contributed by atoms with van der Waals surface area (Å²) >= 11 is 0. The molecule has 2 heterocycles. The predicted octanol–water partition coefficient (Wildman–Crippen LogP) is 5.07. The fraction of sp³-hybridized carbons (Fsp3) is 0.520. The molecule has 5 unspecified atom stereocenters. The van der Waals surface area contributed by atoms with Crippen molar-refractivity contribution in [3.8, 4) is 0 Å². The van der Waals surface area contributed by atoms with Crippen LogP contribution in [0.2, 0.25) is 0 Å². The second-order valence-corrected chi connectivity index (χ2v) is 9.85. The lowest BCUT2D eigenvalue weighted by atomic mass is 9.47. The van der Waals surface area contributed by atoms with Crippen LogP contribution >= 0.6 is 0 Å². The standard InChI is InChI=1S/C25H29FN2O/c1-15-12-17-19-6-5-18(16-4-7-22(26)28-14-16)24(19,2)9-8-20(17)25(3)10-11-27-23(29)13-21(15)25/h4-7,13-15,17,20H,8-12H2,1-3H3,(H,27,29). The van der Waals surface area contributed by atoms with E-state index < -0.39 is 5.95 Å². The van der Waals surface area contributed by atoms with Crippen LogP contribution in [0.25, 0.3) is 5.57 Å². The van der Waals surface area contributed by atoms with E-state index in [1.165, 1.54) is 22.8 Å². The molecule has 2 saturated carbocycles. The Kier molecular flexibility index (Phi) is 4.13. The summed E-state index contributed by atoms with van der Waals surface area (Å²) in [7, 11) is 0. The topological polar surface area (TPSA) is 42.0 Å². The minimum Gasteiger partial charge on any atom is -0.353 e. The van der Waals surface area contributed by atoms with Crippen molar-refractivity contribution < 1.29 is 9.18 Å². The van der Waals surface area contributed by atoms with E-state index in [1.54, 1.807) is 6.20 Å². The number of carbonyl (C=O) groups is 1. The quantitative estimate of drug-likeness (QED) is 0.678. The lowest BCUT2D eigenvalue weighted by Crippen LogP contribution is -2.48. The Labute approximate surface area is 172 Å². The molecule has 0 radical (unpaired) electrons. The first-order valence-corrected chi connectivity index (χ1v) is 10.9. The number of rotatable bonds is 1. The Morgan fingerprint density at radius 2 is 2.00 bits per heavy atom. The second-order valence-electron chi connectivity index (χ2n) is 9.85. The van der Waals surface area contributed by atoms with E-state index in [9.17, 15) is 9.18 Å². The van der Waals surface area contributed by atoms with Crippen molar-refractivity contribution in [3.05, 3.63) is 59.2 Å². The number of hydrogen-bond acceptors (Lipinski definition) is 2. The summed E-state index contributed by atoms with van der Waals surface area (Å²) in [6.07, 6.45) is 12.5. The van der Waals surface area contributed by atoms with E-state index in [-0.39, 0.29) is 16.7 Å². The number of halogens is 1. The van der Waals surface area contributed by atoms with Gasteiger partial charge in [0, 0.05) is 24.2 Å². The molecule has 5 rings (SSSR count). The summed E-state index contributed by atoms with van der Waals surface area (Å²) in [4.78, 5) is 16.1. The van der Waals surface area contributed by atoms with E-state index >= 15 is 0 Å². The van der Waals surface area contributed by atoms with Crippen LogP contribution in [-0.2, 0) is 4.79 Å². The molecular weight excluding hydrogens is 363 g/mol. The Balaban J connectivity index is 1.51. The fourth-order valence-corrected chi connectivity index (χ4v) is 6.93. The van der Waals surface area contributed by atoms with Crippen molar-refractivity contribution in [2.45, 2.75) is 46.5 Å². The molecular formula is C25H29FN2O. The minimum absolute atomic E-state index is 0.00320. The van der Waals surface area contributed by atoms with Crippen LogP contribution in [0.3, 0.4) is 0 Å². The van der Waals surface area contributed by atoms with Gasteiger partial charge in [0.2, 0.25) is 11.9 Å². The molecule has 0 spiro atoms. The molecule has 1 aromatic rings. The summed E-state index contributed by atoms with van der Waals surface area (Å²) in [5.41, 5.74) is 5.25. The van der Waals surface area contributed by atoms with Gasteiger partial charge < -0.3 is 5.32 Å². The number of fused-ring (bicyclic) bond motifs is 5. The molecule has 5 atom stereocenters. The first-order valence-electron chi connectivity index (χ1n) is 10.9. The van der Waals surface area contributed by atoms with E-state index in [0.29, 0.717) is 17.8 Å². The number of nitrogens with zero attached hydrogens (tertiary/aromatic N) is 1. The van der Waals surface area contributed by atoms with Crippen LogP contribution in [0.5, 0.6) is 0 Å². The van der Waals surface area contributed by atoms with Crippen molar-refractivity contribution in [1.82, 2.24) is 10.3 Å². The van der Waals surface area contributed by atoms with Gasteiger partial charge >= 0.3 is 0 Å². The highest BCUT2D eigenvalue weighted by Crippen LogP contribution is 2.65. The molecule has 3 nitrogen and oxygen atoms in total. The van der Waals surface area contributed by atoms with Crippen molar-refractivity contribution >= 4 is 11.5 Å². The van der Waals surface area contributed by atoms with Crippen LogP contribution in [-0.4, -0.2) is 17.4 Å². The third-order valence-electron chi connectivity index (χ3n) is 8.39. The van der Waals surface area contributed by atoms with Crippen LogP contribution in [0, 0.1) is 34.5 Å². The summed E-state index contributed by atoms with van der Waals surface area (Å²) < 4.78 is 13.3. The normalized spacial score (nSPS) is 38.6. The minimum atomic E-state index is -0.431. The van der Waals surface area contributed by atoms with E-state index in [2.05, 4.69) is 43.2 Å². The molecule has 29 heavy (non-hydrogen) atoms. The van der Waals surface area contributed by atoms with Gasteiger partial charge in [0.25, 0.3) is 0 Å². The van der Waals surface area contributed by atoms with Gasteiger partial charge in [0.05, 0.1) is 0 Å². The smallest absolute Gasteiger partial charge is 0.243 e. The number of hydrogen-bond donors (Lipinski definition) is 1. The lowest BCUT2D eigenvalue weighted by molar-refractivity contribution is -0.116. The van der Waals surface area contributed by atoms with Crippen molar-refractivity contribution in [2.24, 2.45) is 28.6 Å². The molecule has 0 saturated heterocycles. The average Bonchev–Trinajstić information content (AvgIpc) is 2.94. The summed E-state index contributed by atoms with van der Waals surface area (Å²) in [6, 6.07) is 3.32. The lowest BCUT2D eigenvalue weighted by Gasteiger charge is -2.56. The van der Waals surface area contributed by atoms with Gasteiger partial charge in [-0.05, 0) is 72.1 Å². The van der Waals surface area contributed by atoms with Crippen molar-refractivity contribution in [3.63, 3.8) is 0 Å². The predicted molar refractivity (Wildman–Crippen MR) is 112 cm³/mol. The highest BCUT2D eigenvalue weighted by atomic mass is 19.1. The van der Waals surface area contributed by atoms with Gasteiger partial charge in [-0.1, -0.05) is 44.1 Å². The molecule has 3 aliphatic carbocycles. The molecule has 1 aliphatic heterocycles. The molecule has 152 valence electrons. The molecule has 0 bridgehead atoms. The largest absolute Gasteiger partial charge is 0.353 e. The SMILES string of the molecule is CC1CC2C3=CC=C(c4ccc(F)nc4)C3(C)CCC2C2(C)CCNC(=O)C=C12. The second kappa shape index (κ2) is 6.38. The molecule has 4 heteroatoms. The zero-order valence-electron chi connectivity index (χ0n) is 17.5. The Morgan fingerprint density at radius 1 is 1.17 bits per heavy atom. The van der Waals surface area contributed by atoms with Crippen LogP contribution in [0.1, 0.15) is 52.0 Å². The average molecular weight is 393 g/mol. The van der Waals surface area contributed by atoms with Crippen molar-refractivity contribution in [2.75, 3.05) is 6.54 Å². The van der Waals surface area contributed by atoms with E-state index in [0.717, 1.165) is 37.8 Å². The molecule has 1 amide bonds. The third kappa shape index (κ3) is 2.68. The number of carbonyl (C=O) groups excluding carboxylic acids is 1. The van der Waals surface area contributed by atoms with Gasteiger partial charge in [0.15, 0.2) is 0 Å². The number of aromatic nitrogens is 1. The van der Waals surface area contributed by atoms with Crippen LogP contribution < -0.4 is 5.32 Å². The van der Waals surface area contributed by atoms with Gasteiger partial charge in [-0.3, -0.25) is 4.79 Å². The van der Waals surface area contributed by atoms with Gasteiger partial charge in [-0.25, -0.2) is 4.98 Å². The maximum Gasteiger partial charge on any atom is 0.243 e. The van der Waals surface area contributed by atoms with E-state index in [4.69, 9.17) is 0 Å². The van der Waals surface area contributed by atoms with Crippen molar-refractivity contribution in [1.29, 1.82) is 0 Å². The number of amides is 1. The number of nitrogens with one attached hydrogen (secondary N) is 1. The fourth-order valence-electron chi connectivity index (χ4n) is 6.93. The number of pyridine rings is 1. The third-order valence-corrected chi connectivity index (χ3v) is 8.39. The Hall–Kier alpha value is -2.23. The van der Waals surface area contributed by atoms with Crippen LogP contribution in [0.4, 0.5) is 4.39 Å². The van der Waals surface area contributed by atoms with Gasteiger partial charge in [-0.2, -0.15) is 4.39 Å². The van der Waals surface area contributed by atoms with Crippen LogP contribution in [0.15, 0.2) is 47.7 Å². The van der Waals surface area contributed by atoms with E-state index in [1.807, 2.05) is 12.1 Å². The molecule has 2 fully saturated rings. The highest BCUT2D eigenvalue weighted by Gasteiger charge is 2.55. The maximum absolute atomic E-state index is 13.3. The first kappa shape index (κ1) is 18.8. The molecule has 1 aromatic heterocycles. The maximum atomic E-state index is 13.3. The zero-order valence-corrected chi connectivity index (χ0v) is 17.5. The zero-order chi connectivity index (χ0) is 20.4. The number of allylic oxidation sites excluding steroid dienone is 5. The molecule has 0 aromatic carbocycles.